The van der Waals surface area contributed by atoms with E-state index in [-0.39, 0.29) is 22.7 Å². The van der Waals surface area contributed by atoms with Crippen LogP contribution in [0.15, 0.2) is 53.7 Å². The molecule has 0 saturated heterocycles. The van der Waals surface area contributed by atoms with Crippen LogP contribution in [0.3, 0.4) is 0 Å². The summed E-state index contributed by atoms with van der Waals surface area (Å²) in [6, 6.07) is 10.6. The van der Waals surface area contributed by atoms with Crippen LogP contribution in [0.5, 0.6) is 0 Å². The first-order valence-corrected chi connectivity index (χ1v) is 12.2. The summed E-state index contributed by atoms with van der Waals surface area (Å²) in [6.07, 6.45) is 1.39. The fraction of sp³-hybridized carbons (Fsp3) is 0.346. The number of ether oxygens (including phenoxy) is 1. The van der Waals surface area contributed by atoms with Crippen molar-refractivity contribution >= 4 is 46.8 Å². The van der Waals surface area contributed by atoms with Gasteiger partial charge in [-0.3, -0.25) is 9.69 Å². The lowest BCUT2D eigenvalue weighted by molar-refractivity contribution is -0.143. The number of unbranched alkanes of at least 4 members (excludes halogenated alkanes) is 1. The molecule has 1 aliphatic heterocycles. The monoisotopic (exact) mass is 517 g/mol. The highest BCUT2D eigenvalue weighted by atomic mass is 35.5. The van der Waals surface area contributed by atoms with Crippen molar-refractivity contribution in [3.8, 4) is 0 Å². The SMILES string of the molecule is CCCCN1C(=O)NC(c2cccc(NC(=O)c3ccc(Cl)cc3Cl)c2)C(C(=O)OC(C)C)=C1C. The van der Waals surface area contributed by atoms with Crippen LogP contribution in [-0.4, -0.2) is 35.5 Å². The summed E-state index contributed by atoms with van der Waals surface area (Å²) in [6.45, 7) is 7.84. The molecule has 2 aromatic carbocycles. The fourth-order valence-electron chi connectivity index (χ4n) is 3.83. The van der Waals surface area contributed by atoms with E-state index in [1.807, 2.05) is 6.92 Å². The summed E-state index contributed by atoms with van der Waals surface area (Å²) in [5.74, 6) is -0.903. The zero-order chi connectivity index (χ0) is 25.7. The van der Waals surface area contributed by atoms with E-state index < -0.39 is 17.9 Å². The maximum absolute atomic E-state index is 13.1. The Balaban J connectivity index is 1.95. The first-order valence-electron chi connectivity index (χ1n) is 11.5. The number of hydrogen-bond donors (Lipinski definition) is 2. The lowest BCUT2D eigenvalue weighted by Gasteiger charge is -2.35. The van der Waals surface area contributed by atoms with Crippen LogP contribution in [0.2, 0.25) is 10.0 Å². The molecule has 0 saturated carbocycles. The fourth-order valence-corrected chi connectivity index (χ4v) is 4.32. The minimum Gasteiger partial charge on any atom is -0.459 e. The molecule has 2 aromatic rings. The van der Waals surface area contributed by atoms with E-state index in [1.165, 1.54) is 6.07 Å². The van der Waals surface area contributed by atoms with E-state index in [4.69, 9.17) is 27.9 Å². The third-order valence-corrected chi connectivity index (χ3v) is 6.10. The Labute approximate surface area is 215 Å². The van der Waals surface area contributed by atoms with E-state index >= 15 is 0 Å². The number of nitrogens with one attached hydrogen (secondary N) is 2. The van der Waals surface area contributed by atoms with Gasteiger partial charge < -0.3 is 15.4 Å². The number of allylic oxidation sites excluding steroid dienone is 1. The second-order valence-electron chi connectivity index (χ2n) is 8.54. The number of nitrogens with zero attached hydrogens (tertiary/aromatic N) is 1. The first kappa shape index (κ1) is 26.6. The summed E-state index contributed by atoms with van der Waals surface area (Å²) in [4.78, 5) is 40.4. The number of urea groups is 1. The Morgan fingerprint density at radius 2 is 1.91 bits per heavy atom. The van der Waals surface area contributed by atoms with Gasteiger partial charge in [-0.25, -0.2) is 9.59 Å². The Hall–Kier alpha value is -3.03. The standard InChI is InChI=1S/C26H29Cl2N3O4/c1-5-6-12-31-16(4)22(25(33)35-15(2)3)23(30-26(31)34)17-8-7-9-19(13-17)29-24(32)20-11-10-18(27)14-21(20)28/h7-11,13-15,23H,5-6,12H2,1-4H3,(H,29,32)(H,30,34). The molecule has 35 heavy (non-hydrogen) atoms. The molecular weight excluding hydrogens is 489 g/mol. The molecule has 1 heterocycles. The molecule has 1 unspecified atom stereocenters. The predicted octanol–water partition coefficient (Wildman–Crippen LogP) is 6.34. The zero-order valence-electron chi connectivity index (χ0n) is 20.2. The van der Waals surface area contributed by atoms with E-state index in [1.54, 1.807) is 62.1 Å². The highest BCUT2D eigenvalue weighted by Crippen LogP contribution is 2.33. The van der Waals surface area contributed by atoms with Gasteiger partial charge in [0, 0.05) is 23.0 Å². The molecule has 186 valence electrons. The maximum Gasteiger partial charge on any atom is 0.338 e. The number of anilines is 1. The van der Waals surface area contributed by atoms with E-state index in [0.29, 0.717) is 34.1 Å². The van der Waals surface area contributed by atoms with Crippen molar-refractivity contribution in [2.24, 2.45) is 0 Å². The number of esters is 1. The summed E-state index contributed by atoms with van der Waals surface area (Å²) >= 11 is 12.1. The van der Waals surface area contributed by atoms with Gasteiger partial charge in [-0.05, 0) is 63.1 Å². The van der Waals surface area contributed by atoms with Crippen LogP contribution in [0, 0.1) is 0 Å². The van der Waals surface area contributed by atoms with Crippen LogP contribution < -0.4 is 10.6 Å². The van der Waals surface area contributed by atoms with Crippen LogP contribution in [0.1, 0.15) is 62.5 Å². The summed E-state index contributed by atoms with van der Waals surface area (Å²) < 4.78 is 5.51. The molecular formula is C26H29Cl2N3O4. The topological polar surface area (TPSA) is 87.7 Å². The quantitative estimate of drug-likeness (QED) is 0.400. The van der Waals surface area contributed by atoms with Gasteiger partial charge >= 0.3 is 12.0 Å². The zero-order valence-corrected chi connectivity index (χ0v) is 21.7. The molecule has 1 aliphatic rings. The molecule has 0 aromatic heterocycles. The van der Waals surface area contributed by atoms with Crippen molar-refractivity contribution < 1.29 is 19.1 Å². The number of hydrogen-bond acceptors (Lipinski definition) is 4. The molecule has 1 atom stereocenters. The van der Waals surface area contributed by atoms with Crippen LogP contribution in [-0.2, 0) is 9.53 Å². The molecule has 3 amide bonds. The molecule has 0 bridgehead atoms. The van der Waals surface area contributed by atoms with Crippen molar-refractivity contribution in [1.29, 1.82) is 0 Å². The van der Waals surface area contributed by atoms with Gasteiger partial charge in [0.2, 0.25) is 0 Å². The molecule has 9 heteroatoms. The normalized spacial score (nSPS) is 15.8. The summed E-state index contributed by atoms with van der Waals surface area (Å²) in [5.41, 5.74) is 2.30. The number of carbonyl (C=O) groups excluding carboxylic acids is 3. The molecule has 7 nitrogen and oxygen atoms in total. The van der Waals surface area contributed by atoms with E-state index in [2.05, 4.69) is 10.6 Å². The minimum atomic E-state index is -0.734. The van der Waals surface area contributed by atoms with Crippen molar-refractivity contribution in [3.63, 3.8) is 0 Å². The maximum atomic E-state index is 13.1. The molecule has 0 radical (unpaired) electrons. The van der Waals surface area contributed by atoms with Gasteiger partial charge in [-0.2, -0.15) is 0 Å². The second kappa shape index (κ2) is 11.6. The lowest BCUT2D eigenvalue weighted by Crippen LogP contribution is -2.48. The number of benzene rings is 2. The van der Waals surface area contributed by atoms with Crippen LogP contribution in [0.25, 0.3) is 0 Å². The van der Waals surface area contributed by atoms with Gasteiger partial charge in [0.25, 0.3) is 5.91 Å². The first-order chi connectivity index (χ1) is 16.6. The number of amides is 3. The Morgan fingerprint density at radius 3 is 2.57 bits per heavy atom. The Bertz CT molecular complexity index is 1160. The molecule has 3 rings (SSSR count). The van der Waals surface area contributed by atoms with E-state index in [0.717, 1.165) is 12.8 Å². The summed E-state index contributed by atoms with van der Waals surface area (Å²) in [5, 5.41) is 6.41. The van der Waals surface area contributed by atoms with Crippen molar-refractivity contribution in [1.82, 2.24) is 10.2 Å². The average Bonchev–Trinajstić information content (AvgIpc) is 2.78. The van der Waals surface area contributed by atoms with Crippen molar-refractivity contribution in [3.05, 3.63) is 74.9 Å². The minimum absolute atomic E-state index is 0.232. The highest BCUT2D eigenvalue weighted by Gasteiger charge is 2.36. The molecule has 0 spiro atoms. The van der Waals surface area contributed by atoms with Gasteiger partial charge in [0.1, 0.15) is 0 Å². The predicted molar refractivity (Wildman–Crippen MR) is 138 cm³/mol. The van der Waals surface area contributed by atoms with Gasteiger partial charge in [0.05, 0.1) is 28.3 Å². The molecule has 0 aliphatic carbocycles. The largest absolute Gasteiger partial charge is 0.459 e. The second-order valence-corrected chi connectivity index (χ2v) is 9.39. The van der Waals surface area contributed by atoms with Crippen molar-refractivity contribution in [2.45, 2.75) is 52.7 Å². The Kier molecular flexibility index (Phi) is 8.81. The number of rotatable bonds is 8. The lowest BCUT2D eigenvalue weighted by atomic mass is 9.94. The number of halogens is 2. The third-order valence-electron chi connectivity index (χ3n) is 5.55. The van der Waals surface area contributed by atoms with E-state index in [9.17, 15) is 14.4 Å². The third kappa shape index (κ3) is 6.35. The van der Waals surface area contributed by atoms with Crippen LogP contribution >= 0.6 is 23.2 Å². The molecule has 2 N–H and O–H groups in total. The summed E-state index contributed by atoms with van der Waals surface area (Å²) in [7, 11) is 0. The van der Waals surface area contributed by atoms with Crippen LogP contribution in [0.4, 0.5) is 10.5 Å². The Morgan fingerprint density at radius 1 is 1.17 bits per heavy atom. The highest BCUT2D eigenvalue weighted by molar-refractivity contribution is 6.37. The number of carbonyl (C=O) groups is 3. The smallest absolute Gasteiger partial charge is 0.338 e. The van der Waals surface area contributed by atoms with Gasteiger partial charge in [-0.1, -0.05) is 48.7 Å². The van der Waals surface area contributed by atoms with Gasteiger partial charge in [0.15, 0.2) is 0 Å². The molecule has 0 fully saturated rings. The van der Waals surface area contributed by atoms with Gasteiger partial charge in [-0.15, -0.1) is 0 Å². The average molecular weight is 518 g/mol. The van der Waals surface area contributed by atoms with Crippen molar-refractivity contribution in [2.75, 3.05) is 11.9 Å².